The van der Waals surface area contributed by atoms with Crippen LogP contribution in [0.2, 0.25) is 0 Å². The van der Waals surface area contributed by atoms with Gasteiger partial charge in [0.2, 0.25) is 5.92 Å². The van der Waals surface area contributed by atoms with E-state index >= 15 is 0 Å². The van der Waals surface area contributed by atoms with Crippen molar-refractivity contribution < 1.29 is 22.7 Å². The SMILES string of the molecule is CCCc1ccc(-n2c(C(Cc3cc(F)cc(F)c3)C(C)CC)nc3nc(C4CCC(F)(F)CC4)cc(CO)c3c2=O)c(C)c1C(=N)C(C)C. The molecule has 2 unspecified atom stereocenters. The predicted molar refractivity (Wildman–Crippen MR) is 190 cm³/mol. The minimum absolute atomic E-state index is 0.0791. The van der Waals surface area contributed by atoms with Crippen LogP contribution < -0.4 is 5.56 Å². The smallest absolute Gasteiger partial charge is 0.268 e. The minimum atomic E-state index is -2.73. The van der Waals surface area contributed by atoms with Crippen LogP contribution in [0.1, 0.15) is 124 Å². The second kappa shape index (κ2) is 15.1. The van der Waals surface area contributed by atoms with Crippen molar-refractivity contribution >= 4 is 16.7 Å². The Bertz CT molecular complexity index is 1920. The molecule has 268 valence electrons. The van der Waals surface area contributed by atoms with E-state index < -0.39 is 35.6 Å². The van der Waals surface area contributed by atoms with Crippen LogP contribution in [0.4, 0.5) is 17.6 Å². The maximum absolute atomic E-state index is 15.0. The van der Waals surface area contributed by atoms with Crippen molar-refractivity contribution in [3.05, 3.63) is 97.7 Å². The van der Waals surface area contributed by atoms with Crippen molar-refractivity contribution in [3.8, 4) is 5.69 Å². The van der Waals surface area contributed by atoms with Gasteiger partial charge in [0.15, 0.2) is 5.65 Å². The molecule has 2 heterocycles. The fourth-order valence-corrected chi connectivity index (χ4v) is 7.40. The molecule has 0 aliphatic heterocycles. The highest BCUT2D eigenvalue weighted by molar-refractivity contribution is 6.02. The molecule has 2 aromatic heterocycles. The summed E-state index contributed by atoms with van der Waals surface area (Å²) in [4.78, 5) is 24.8. The lowest BCUT2D eigenvalue weighted by Gasteiger charge is -2.29. The Labute approximate surface area is 291 Å². The first-order valence-electron chi connectivity index (χ1n) is 17.8. The molecule has 0 spiro atoms. The number of hydrogen-bond donors (Lipinski definition) is 2. The van der Waals surface area contributed by atoms with Crippen molar-refractivity contribution in [2.24, 2.45) is 11.8 Å². The first kappa shape index (κ1) is 37.3. The number of benzene rings is 2. The summed E-state index contributed by atoms with van der Waals surface area (Å²) in [6.45, 7) is 11.4. The zero-order valence-electron chi connectivity index (χ0n) is 29.8. The van der Waals surface area contributed by atoms with Crippen molar-refractivity contribution in [1.82, 2.24) is 14.5 Å². The topological polar surface area (TPSA) is 91.9 Å². The van der Waals surface area contributed by atoms with E-state index in [1.807, 2.05) is 46.8 Å². The van der Waals surface area contributed by atoms with Crippen molar-refractivity contribution in [3.63, 3.8) is 0 Å². The lowest BCUT2D eigenvalue weighted by atomic mass is 9.84. The molecule has 1 saturated carbocycles. The Morgan fingerprint density at radius 3 is 2.26 bits per heavy atom. The number of pyridine rings is 1. The number of aliphatic hydroxyl groups excluding tert-OH is 1. The van der Waals surface area contributed by atoms with Gasteiger partial charge in [0, 0.05) is 47.7 Å². The van der Waals surface area contributed by atoms with Gasteiger partial charge in [-0.25, -0.2) is 27.5 Å². The Hall–Kier alpha value is -3.92. The van der Waals surface area contributed by atoms with E-state index in [2.05, 4.69) is 6.92 Å². The van der Waals surface area contributed by atoms with E-state index in [4.69, 9.17) is 15.4 Å². The van der Waals surface area contributed by atoms with Gasteiger partial charge in [0.25, 0.3) is 5.56 Å². The predicted octanol–water partition coefficient (Wildman–Crippen LogP) is 9.50. The number of hydrogen-bond acceptors (Lipinski definition) is 5. The van der Waals surface area contributed by atoms with E-state index in [1.54, 1.807) is 10.6 Å². The number of fused-ring (bicyclic) bond motifs is 1. The van der Waals surface area contributed by atoms with Crippen LogP contribution in [-0.4, -0.2) is 31.3 Å². The summed E-state index contributed by atoms with van der Waals surface area (Å²) in [6, 6.07) is 8.85. The van der Waals surface area contributed by atoms with Gasteiger partial charge >= 0.3 is 0 Å². The summed E-state index contributed by atoms with van der Waals surface area (Å²) in [5.74, 6) is -4.77. The standard InChI is InChI=1S/C40H48F4N4O2/c1-7-9-27-10-11-33(24(6)34(27)36(45)22(3)4)48-38(31(23(5)8-2)18-25-16-29(41)20-30(42)17-25)47-37-35(39(48)50)28(21-49)19-32(46-37)26-12-14-40(43,44)15-13-26/h10-11,16-17,19-20,22-23,26,31,45,49H,7-9,12-15,18,21H2,1-6H3. The number of nitrogens with one attached hydrogen (secondary N) is 1. The zero-order chi connectivity index (χ0) is 36.5. The fraction of sp³-hybridized carbons (Fsp3) is 0.500. The average molecular weight is 693 g/mol. The third-order valence-electron chi connectivity index (χ3n) is 10.4. The van der Waals surface area contributed by atoms with E-state index in [-0.39, 0.29) is 60.9 Å². The Balaban J connectivity index is 1.85. The van der Waals surface area contributed by atoms with Crippen LogP contribution in [0.5, 0.6) is 0 Å². The summed E-state index contributed by atoms with van der Waals surface area (Å²) >= 11 is 0. The van der Waals surface area contributed by atoms with E-state index in [9.17, 15) is 27.5 Å². The van der Waals surface area contributed by atoms with Gasteiger partial charge < -0.3 is 10.5 Å². The Morgan fingerprint density at radius 2 is 1.68 bits per heavy atom. The lowest BCUT2D eigenvalue weighted by molar-refractivity contribution is -0.0384. The summed E-state index contributed by atoms with van der Waals surface area (Å²) in [5, 5.41) is 19.8. The molecule has 0 radical (unpaired) electrons. The lowest BCUT2D eigenvalue weighted by Crippen LogP contribution is -2.31. The van der Waals surface area contributed by atoms with Crippen LogP contribution in [0.15, 0.2) is 41.2 Å². The highest BCUT2D eigenvalue weighted by Gasteiger charge is 2.36. The number of aryl methyl sites for hydroxylation is 1. The quantitative estimate of drug-likeness (QED) is 0.114. The molecule has 10 heteroatoms. The number of nitrogens with zero attached hydrogens (tertiary/aromatic N) is 3. The van der Waals surface area contributed by atoms with Gasteiger partial charge in [-0.1, -0.05) is 53.5 Å². The number of halogens is 4. The normalized spacial score (nSPS) is 16.2. The zero-order valence-corrected chi connectivity index (χ0v) is 29.8. The summed E-state index contributed by atoms with van der Waals surface area (Å²) < 4.78 is 58.6. The molecule has 50 heavy (non-hydrogen) atoms. The van der Waals surface area contributed by atoms with Crippen molar-refractivity contribution in [2.45, 2.75) is 117 Å². The van der Waals surface area contributed by atoms with Gasteiger partial charge in [0.05, 0.1) is 17.7 Å². The van der Waals surface area contributed by atoms with E-state index in [1.165, 1.54) is 12.1 Å². The molecule has 1 aliphatic carbocycles. The number of alkyl halides is 2. The summed E-state index contributed by atoms with van der Waals surface area (Å²) in [7, 11) is 0. The van der Waals surface area contributed by atoms with Crippen LogP contribution in [0, 0.1) is 35.8 Å². The monoisotopic (exact) mass is 692 g/mol. The van der Waals surface area contributed by atoms with Crippen molar-refractivity contribution in [1.29, 1.82) is 5.41 Å². The van der Waals surface area contributed by atoms with Crippen molar-refractivity contribution in [2.75, 3.05) is 0 Å². The minimum Gasteiger partial charge on any atom is -0.392 e. The van der Waals surface area contributed by atoms with Gasteiger partial charge in [-0.3, -0.25) is 9.36 Å². The van der Waals surface area contributed by atoms with E-state index in [0.717, 1.165) is 35.6 Å². The maximum Gasteiger partial charge on any atom is 0.268 e. The molecule has 2 aromatic carbocycles. The number of rotatable bonds is 12. The summed E-state index contributed by atoms with van der Waals surface area (Å²) in [6.07, 6.45) is 2.35. The van der Waals surface area contributed by atoms with Crippen LogP contribution in [-0.2, 0) is 19.4 Å². The maximum atomic E-state index is 15.0. The third kappa shape index (κ3) is 7.55. The fourth-order valence-electron chi connectivity index (χ4n) is 7.40. The highest BCUT2D eigenvalue weighted by atomic mass is 19.3. The van der Waals surface area contributed by atoms with Gasteiger partial charge in [-0.05, 0) is 91.0 Å². The summed E-state index contributed by atoms with van der Waals surface area (Å²) in [5.41, 5.74) is 4.36. The first-order chi connectivity index (χ1) is 23.7. The molecular weight excluding hydrogens is 644 g/mol. The third-order valence-corrected chi connectivity index (χ3v) is 10.4. The molecule has 6 nitrogen and oxygen atoms in total. The van der Waals surface area contributed by atoms with Crippen LogP contribution in [0.25, 0.3) is 16.7 Å². The molecule has 2 N–H and O–H groups in total. The Morgan fingerprint density at radius 1 is 1.02 bits per heavy atom. The first-order valence-corrected chi connectivity index (χ1v) is 17.8. The van der Waals surface area contributed by atoms with E-state index in [0.29, 0.717) is 40.5 Å². The van der Waals surface area contributed by atoms with Crippen LogP contribution >= 0.6 is 0 Å². The number of aromatic nitrogens is 3. The molecule has 0 bridgehead atoms. The highest BCUT2D eigenvalue weighted by Crippen LogP contribution is 2.41. The molecule has 1 fully saturated rings. The molecular formula is C40H48F4N4O2. The van der Waals surface area contributed by atoms with Gasteiger partial charge in [-0.15, -0.1) is 0 Å². The molecule has 0 amide bonds. The number of aliphatic hydroxyl groups is 1. The molecule has 2 atom stereocenters. The molecule has 0 saturated heterocycles. The average Bonchev–Trinajstić information content (AvgIpc) is 3.06. The van der Waals surface area contributed by atoms with Crippen LogP contribution in [0.3, 0.4) is 0 Å². The second-order valence-electron chi connectivity index (χ2n) is 14.3. The molecule has 5 rings (SSSR count). The largest absolute Gasteiger partial charge is 0.392 e. The molecule has 4 aromatic rings. The second-order valence-corrected chi connectivity index (χ2v) is 14.3. The van der Waals surface area contributed by atoms with Gasteiger partial charge in [0.1, 0.15) is 17.5 Å². The molecule has 1 aliphatic rings. The van der Waals surface area contributed by atoms with Gasteiger partial charge in [-0.2, -0.15) is 0 Å². The Kier molecular flexibility index (Phi) is 11.3.